The number of H-pyrrole nitrogens is 1. The van der Waals surface area contributed by atoms with E-state index in [4.69, 9.17) is 28.0 Å². The largest absolute Gasteiger partial charge is 0.401 e. The van der Waals surface area contributed by atoms with Crippen LogP contribution >= 0.6 is 23.2 Å². The first kappa shape index (κ1) is 22.0. The molecule has 0 radical (unpaired) electrons. The van der Waals surface area contributed by atoms with E-state index < -0.39 is 17.6 Å². The molecule has 1 aliphatic rings. The van der Waals surface area contributed by atoms with Crippen molar-refractivity contribution in [2.24, 2.45) is 0 Å². The first-order valence-electron chi connectivity index (χ1n) is 10.9. The normalized spacial score (nSPS) is 15.8. The highest BCUT2D eigenvalue weighted by atomic mass is 35.5. The summed E-state index contributed by atoms with van der Waals surface area (Å²) < 4.78 is 17.0. The number of pyridine rings is 1. The van der Waals surface area contributed by atoms with Gasteiger partial charge in [-0.3, -0.25) is 9.67 Å². The second kappa shape index (κ2) is 8.83. The van der Waals surface area contributed by atoms with E-state index in [1.54, 1.807) is 19.2 Å². The van der Waals surface area contributed by atoms with E-state index in [-0.39, 0.29) is 15.6 Å². The Bertz CT molecular complexity index is 1370. The molecule has 1 aromatic carbocycles. The molecule has 0 saturated heterocycles. The number of nitrogens with one attached hydrogen (secondary N) is 1. The van der Waals surface area contributed by atoms with Gasteiger partial charge in [0.25, 0.3) is 0 Å². The number of halogens is 3. The van der Waals surface area contributed by atoms with Gasteiger partial charge in [-0.05, 0) is 44.0 Å². The molecule has 172 valence electrons. The number of benzene rings is 1. The zero-order valence-electron chi connectivity index (χ0n) is 17.9. The number of hydrogen-bond donors (Lipinski definition) is 1. The number of imidazole rings is 1. The summed E-state index contributed by atoms with van der Waals surface area (Å²) in [6.07, 6.45) is 9.02. The molecular formula is C23H22Cl2FN5O2. The van der Waals surface area contributed by atoms with Gasteiger partial charge >= 0.3 is 5.69 Å². The lowest BCUT2D eigenvalue weighted by atomic mass is 9.96. The molecule has 1 atom stereocenters. The highest BCUT2D eigenvalue weighted by Gasteiger charge is 2.22. The third-order valence-electron chi connectivity index (χ3n) is 6.10. The zero-order valence-corrected chi connectivity index (χ0v) is 19.4. The number of fused-ring (bicyclic) bond motifs is 1. The molecule has 1 N–H and O–H groups in total. The van der Waals surface area contributed by atoms with Crippen LogP contribution in [0.4, 0.5) is 4.39 Å². The lowest BCUT2D eigenvalue weighted by Gasteiger charge is -2.21. The van der Waals surface area contributed by atoms with Crippen LogP contribution in [0.1, 0.15) is 56.7 Å². The molecule has 1 unspecified atom stereocenters. The number of rotatable bonds is 5. The van der Waals surface area contributed by atoms with Crippen molar-refractivity contribution in [2.45, 2.75) is 51.2 Å². The second-order valence-electron chi connectivity index (χ2n) is 8.29. The molecule has 1 fully saturated rings. The molecule has 0 aliphatic heterocycles. The smallest absolute Gasteiger partial charge is 0.360 e. The average Bonchev–Trinajstić information content (AvgIpc) is 3.42. The summed E-state index contributed by atoms with van der Waals surface area (Å²) in [4.78, 5) is 25.7. The van der Waals surface area contributed by atoms with Crippen molar-refractivity contribution < 1.29 is 9.23 Å². The van der Waals surface area contributed by atoms with Gasteiger partial charge in [-0.2, -0.15) is 5.10 Å². The van der Waals surface area contributed by atoms with E-state index >= 15 is 0 Å². The summed E-state index contributed by atoms with van der Waals surface area (Å²) in [5.74, 6) is -0.613. The molecule has 5 rings (SSSR count). The fourth-order valence-corrected chi connectivity index (χ4v) is 5.05. The van der Waals surface area contributed by atoms with Crippen molar-refractivity contribution >= 4 is 34.4 Å². The van der Waals surface area contributed by atoms with Crippen molar-refractivity contribution in [3.63, 3.8) is 0 Å². The van der Waals surface area contributed by atoms with E-state index in [9.17, 15) is 9.18 Å². The Balaban J connectivity index is 1.44. The van der Waals surface area contributed by atoms with Gasteiger partial charge in [-0.25, -0.2) is 14.2 Å². The maximum atomic E-state index is 13.9. The minimum atomic E-state index is -0.786. The Labute approximate surface area is 199 Å². The standard InChI is InChI=1S/C23H22Cl2FN5O2/c1-13(20-16(24)7-8-17(26)21(20)25)33-31-19-10-9-18(28-22(19)29-23(31)32)14-11-27-30(12-14)15-5-3-2-4-6-15/h7-13,15H,2-6H2,1H3,(H,28,29,32). The Hall–Kier alpha value is -2.84. The van der Waals surface area contributed by atoms with Crippen LogP contribution in [0.2, 0.25) is 10.0 Å². The molecule has 10 heteroatoms. The van der Waals surface area contributed by atoms with Gasteiger partial charge in [0.15, 0.2) is 11.8 Å². The summed E-state index contributed by atoms with van der Waals surface area (Å²) in [7, 11) is 0. The fraction of sp³-hybridized carbons (Fsp3) is 0.348. The molecule has 0 spiro atoms. The second-order valence-corrected chi connectivity index (χ2v) is 9.08. The van der Waals surface area contributed by atoms with Gasteiger partial charge in [0.2, 0.25) is 0 Å². The number of nitrogens with zero attached hydrogens (tertiary/aromatic N) is 4. The van der Waals surface area contributed by atoms with Crippen LogP contribution in [0.5, 0.6) is 0 Å². The van der Waals surface area contributed by atoms with Gasteiger partial charge in [0.05, 0.1) is 23.0 Å². The van der Waals surface area contributed by atoms with Crippen LogP contribution in [0, 0.1) is 5.82 Å². The van der Waals surface area contributed by atoms with Gasteiger partial charge in [0.1, 0.15) is 11.3 Å². The first-order chi connectivity index (χ1) is 15.9. The molecule has 3 aromatic heterocycles. The lowest BCUT2D eigenvalue weighted by molar-refractivity contribution is 0.0492. The van der Waals surface area contributed by atoms with Gasteiger partial charge in [-0.15, -0.1) is 4.73 Å². The monoisotopic (exact) mass is 489 g/mol. The van der Waals surface area contributed by atoms with Crippen LogP contribution < -0.4 is 10.5 Å². The minimum absolute atomic E-state index is 0.140. The summed E-state index contributed by atoms with van der Waals surface area (Å²) in [6, 6.07) is 6.56. The summed E-state index contributed by atoms with van der Waals surface area (Å²) in [5, 5.41) is 4.64. The van der Waals surface area contributed by atoms with E-state index in [1.807, 2.05) is 16.9 Å². The van der Waals surface area contributed by atoms with Gasteiger partial charge in [-0.1, -0.05) is 42.5 Å². The Morgan fingerprint density at radius 1 is 1.18 bits per heavy atom. The highest BCUT2D eigenvalue weighted by molar-refractivity contribution is 6.36. The van der Waals surface area contributed by atoms with Gasteiger partial charge in [0, 0.05) is 22.3 Å². The molecule has 1 saturated carbocycles. The Kier molecular flexibility index (Phi) is 5.88. The SMILES string of the molecule is CC(On1c(=O)[nH]c2nc(-c3cnn(C4CCCCC4)c3)ccc21)c1c(Cl)ccc(F)c1Cl. The van der Waals surface area contributed by atoms with E-state index in [1.165, 1.54) is 31.4 Å². The van der Waals surface area contributed by atoms with Crippen molar-refractivity contribution in [1.29, 1.82) is 0 Å². The fourth-order valence-electron chi connectivity index (χ4n) is 4.38. The van der Waals surface area contributed by atoms with Crippen LogP contribution in [-0.4, -0.2) is 24.5 Å². The van der Waals surface area contributed by atoms with Crippen molar-refractivity contribution in [1.82, 2.24) is 24.5 Å². The summed E-state index contributed by atoms with van der Waals surface area (Å²) >= 11 is 12.3. The predicted octanol–water partition coefficient (Wildman–Crippen LogP) is 5.73. The molecule has 4 aromatic rings. The van der Waals surface area contributed by atoms with Crippen molar-refractivity contribution in [3.8, 4) is 11.3 Å². The molecular weight excluding hydrogens is 468 g/mol. The lowest BCUT2D eigenvalue weighted by Crippen LogP contribution is -2.26. The number of aromatic amines is 1. The van der Waals surface area contributed by atoms with E-state index in [0.29, 0.717) is 22.9 Å². The average molecular weight is 490 g/mol. The Morgan fingerprint density at radius 3 is 2.76 bits per heavy atom. The molecule has 33 heavy (non-hydrogen) atoms. The summed E-state index contributed by atoms with van der Waals surface area (Å²) in [5.41, 5.74) is 2.14. The third-order valence-corrected chi connectivity index (χ3v) is 6.81. The van der Waals surface area contributed by atoms with Crippen LogP contribution in [0.25, 0.3) is 22.4 Å². The van der Waals surface area contributed by atoms with Crippen molar-refractivity contribution in [3.05, 3.63) is 68.6 Å². The molecule has 0 bridgehead atoms. The maximum absolute atomic E-state index is 13.9. The highest BCUT2D eigenvalue weighted by Crippen LogP contribution is 2.33. The molecule has 0 amide bonds. The number of aromatic nitrogens is 5. The predicted molar refractivity (Wildman–Crippen MR) is 125 cm³/mol. The van der Waals surface area contributed by atoms with Crippen LogP contribution in [-0.2, 0) is 0 Å². The minimum Gasteiger partial charge on any atom is -0.401 e. The first-order valence-corrected chi connectivity index (χ1v) is 11.6. The van der Waals surface area contributed by atoms with E-state index in [0.717, 1.165) is 23.1 Å². The topological polar surface area (TPSA) is 77.7 Å². The maximum Gasteiger partial charge on any atom is 0.360 e. The molecule has 3 heterocycles. The zero-order chi connectivity index (χ0) is 23.1. The third kappa shape index (κ3) is 4.13. The number of hydrogen-bond acceptors (Lipinski definition) is 4. The van der Waals surface area contributed by atoms with Crippen LogP contribution in [0.15, 0.2) is 41.5 Å². The van der Waals surface area contributed by atoms with Gasteiger partial charge < -0.3 is 4.84 Å². The van der Waals surface area contributed by atoms with Crippen molar-refractivity contribution in [2.75, 3.05) is 0 Å². The molecule has 7 nitrogen and oxygen atoms in total. The Morgan fingerprint density at radius 2 is 1.97 bits per heavy atom. The van der Waals surface area contributed by atoms with E-state index in [2.05, 4.69) is 15.1 Å². The summed E-state index contributed by atoms with van der Waals surface area (Å²) in [6.45, 7) is 1.64. The quantitative estimate of drug-likeness (QED) is 0.363. The van der Waals surface area contributed by atoms with Crippen LogP contribution in [0.3, 0.4) is 0 Å². The molecule has 1 aliphatic carbocycles.